The van der Waals surface area contributed by atoms with E-state index < -0.39 is 10.0 Å². The number of aromatic nitrogens is 1. The molecule has 0 amide bonds. The van der Waals surface area contributed by atoms with Gasteiger partial charge in [0.15, 0.2) is 0 Å². The Morgan fingerprint density at radius 1 is 1.26 bits per heavy atom. The summed E-state index contributed by atoms with van der Waals surface area (Å²) in [5, 5.41) is 2.58. The SMILES string of the molecule is C#CCn1/c(=N/S(=O)(=O)c2cccs2)sc2c(Cl)ccc(Cl)c21. The van der Waals surface area contributed by atoms with Gasteiger partial charge in [-0.05, 0) is 23.6 Å². The van der Waals surface area contributed by atoms with Crippen LogP contribution >= 0.6 is 45.9 Å². The van der Waals surface area contributed by atoms with E-state index in [1.54, 1.807) is 28.1 Å². The lowest BCUT2D eigenvalue weighted by Gasteiger charge is -2.02. The van der Waals surface area contributed by atoms with Crippen molar-refractivity contribution in [3.05, 3.63) is 44.5 Å². The Morgan fingerprint density at radius 3 is 2.65 bits per heavy atom. The second-order valence-corrected chi connectivity index (χ2v) is 8.95. The Labute approximate surface area is 150 Å². The van der Waals surface area contributed by atoms with Crippen LogP contribution in [0, 0.1) is 12.3 Å². The summed E-state index contributed by atoms with van der Waals surface area (Å²) in [4.78, 5) is 0.237. The molecule has 0 aliphatic heterocycles. The molecule has 0 radical (unpaired) electrons. The summed E-state index contributed by atoms with van der Waals surface area (Å²) in [6.07, 6.45) is 5.39. The van der Waals surface area contributed by atoms with Crippen LogP contribution in [0.2, 0.25) is 10.0 Å². The van der Waals surface area contributed by atoms with Crippen molar-refractivity contribution >= 4 is 66.1 Å². The molecular weight excluding hydrogens is 395 g/mol. The van der Waals surface area contributed by atoms with Crippen molar-refractivity contribution in [3.8, 4) is 12.3 Å². The van der Waals surface area contributed by atoms with Gasteiger partial charge in [0.2, 0.25) is 4.80 Å². The molecule has 118 valence electrons. The van der Waals surface area contributed by atoms with Crippen molar-refractivity contribution in [1.82, 2.24) is 4.57 Å². The van der Waals surface area contributed by atoms with E-state index in [0.29, 0.717) is 20.3 Å². The third kappa shape index (κ3) is 3.05. The van der Waals surface area contributed by atoms with E-state index in [4.69, 9.17) is 29.6 Å². The van der Waals surface area contributed by atoms with Gasteiger partial charge in [0.05, 0.1) is 26.8 Å². The largest absolute Gasteiger partial charge is 0.303 e. The number of benzene rings is 1. The highest BCUT2D eigenvalue weighted by molar-refractivity contribution is 7.92. The van der Waals surface area contributed by atoms with Crippen LogP contribution in [0.15, 0.2) is 38.3 Å². The molecule has 0 saturated heterocycles. The molecule has 0 N–H and O–H groups in total. The predicted octanol–water partition coefficient (Wildman–Crippen LogP) is 3.99. The number of terminal acetylenes is 1. The summed E-state index contributed by atoms with van der Waals surface area (Å²) in [6.45, 7) is 0.138. The van der Waals surface area contributed by atoms with Crippen LogP contribution in [-0.4, -0.2) is 13.0 Å². The third-order valence-electron chi connectivity index (χ3n) is 2.93. The number of fused-ring (bicyclic) bond motifs is 1. The van der Waals surface area contributed by atoms with Gasteiger partial charge in [0, 0.05) is 0 Å². The van der Waals surface area contributed by atoms with Crippen LogP contribution in [-0.2, 0) is 16.6 Å². The quantitative estimate of drug-likeness (QED) is 0.621. The fourth-order valence-corrected chi connectivity index (χ4v) is 5.79. The molecule has 0 aliphatic carbocycles. The lowest BCUT2D eigenvalue weighted by molar-refractivity contribution is 0.598. The first-order valence-corrected chi connectivity index (χ1v) is 10.1. The summed E-state index contributed by atoms with van der Waals surface area (Å²) in [5.41, 5.74) is 0.585. The van der Waals surface area contributed by atoms with Crippen molar-refractivity contribution in [2.75, 3.05) is 0 Å². The van der Waals surface area contributed by atoms with E-state index in [1.165, 1.54) is 6.07 Å². The topological polar surface area (TPSA) is 51.4 Å². The molecule has 1 aromatic carbocycles. The van der Waals surface area contributed by atoms with Crippen molar-refractivity contribution in [2.45, 2.75) is 10.8 Å². The van der Waals surface area contributed by atoms with E-state index in [-0.39, 0.29) is 15.6 Å². The molecule has 0 spiro atoms. The number of hydrogen-bond acceptors (Lipinski definition) is 4. The fourth-order valence-electron chi connectivity index (χ4n) is 1.98. The third-order valence-corrected chi connectivity index (χ3v) is 7.52. The van der Waals surface area contributed by atoms with E-state index in [2.05, 4.69) is 10.3 Å². The van der Waals surface area contributed by atoms with Gasteiger partial charge in [0.1, 0.15) is 4.21 Å². The molecule has 2 heterocycles. The average Bonchev–Trinajstić information content (AvgIpc) is 3.13. The standard InChI is InChI=1S/C14H8Cl2N2O2S3/c1-2-7-18-12-9(15)5-6-10(16)13(12)22-14(18)17-23(19,20)11-4-3-8-21-11/h1,3-6,8H,7H2/b17-14-. The first-order valence-electron chi connectivity index (χ1n) is 6.19. The molecule has 0 aliphatic rings. The van der Waals surface area contributed by atoms with Gasteiger partial charge < -0.3 is 4.57 Å². The maximum Gasteiger partial charge on any atom is 0.294 e. The van der Waals surface area contributed by atoms with Crippen molar-refractivity contribution in [2.24, 2.45) is 4.40 Å². The van der Waals surface area contributed by atoms with Crippen LogP contribution in [0.1, 0.15) is 0 Å². The highest BCUT2D eigenvalue weighted by Crippen LogP contribution is 2.32. The predicted molar refractivity (Wildman–Crippen MR) is 95.7 cm³/mol. The minimum absolute atomic E-state index is 0.138. The van der Waals surface area contributed by atoms with E-state index >= 15 is 0 Å². The zero-order chi connectivity index (χ0) is 16.6. The second kappa shape index (κ2) is 6.30. The van der Waals surface area contributed by atoms with Gasteiger partial charge in [-0.25, -0.2) is 0 Å². The van der Waals surface area contributed by atoms with Crippen LogP contribution < -0.4 is 4.80 Å². The Balaban J connectivity index is 2.37. The first kappa shape index (κ1) is 16.6. The minimum atomic E-state index is -3.81. The maximum atomic E-state index is 12.4. The molecule has 0 saturated carbocycles. The molecular formula is C14H8Cl2N2O2S3. The van der Waals surface area contributed by atoms with Gasteiger partial charge in [-0.2, -0.15) is 8.42 Å². The van der Waals surface area contributed by atoms with Gasteiger partial charge in [-0.1, -0.05) is 46.5 Å². The van der Waals surface area contributed by atoms with E-state index in [1.807, 2.05) is 0 Å². The Morgan fingerprint density at radius 2 is 2.00 bits per heavy atom. The average molecular weight is 403 g/mol. The molecule has 3 aromatic rings. The fraction of sp³-hybridized carbons (Fsp3) is 0.0714. The molecule has 0 bridgehead atoms. The summed E-state index contributed by atoms with van der Waals surface area (Å²) >= 11 is 14.6. The Kier molecular flexibility index (Phi) is 4.54. The zero-order valence-corrected chi connectivity index (χ0v) is 15.3. The zero-order valence-electron chi connectivity index (χ0n) is 11.4. The lowest BCUT2D eigenvalue weighted by atomic mass is 10.3. The number of halogens is 2. The number of thiophene rings is 1. The number of sulfonamides is 1. The number of nitrogens with zero attached hydrogens (tertiary/aromatic N) is 2. The highest BCUT2D eigenvalue weighted by Gasteiger charge is 2.17. The van der Waals surface area contributed by atoms with Gasteiger partial charge in [-0.15, -0.1) is 22.2 Å². The molecule has 3 rings (SSSR count). The summed E-state index contributed by atoms with van der Waals surface area (Å²) < 4.78 is 31.1. The lowest BCUT2D eigenvalue weighted by Crippen LogP contribution is -2.16. The Bertz CT molecular complexity index is 1090. The molecule has 4 nitrogen and oxygen atoms in total. The highest BCUT2D eigenvalue weighted by atomic mass is 35.5. The summed E-state index contributed by atoms with van der Waals surface area (Å²) in [7, 11) is -3.81. The smallest absolute Gasteiger partial charge is 0.294 e. The molecule has 0 unspecified atom stereocenters. The maximum absolute atomic E-state index is 12.4. The summed E-state index contributed by atoms with van der Waals surface area (Å²) in [6, 6.07) is 6.45. The number of thiazole rings is 1. The normalized spacial score (nSPS) is 12.7. The number of hydrogen-bond donors (Lipinski definition) is 0. The molecule has 0 atom stereocenters. The molecule has 23 heavy (non-hydrogen) atoms. The number of rotatable bonds is 3. The van der Waals surface area contributed by atoms with Crippen molar-refractivity contribution < 1.29 is 8.42 Å². The van der Waals surface area contributed by atoms with Gasteiger partial charge in [-0.3, -0.25) is 0 Å². The van der Waals surface area contributed by atoms with Crippen LogP contribution in [0.3, 0.4) is 0 Å². The van der Waals surface area contributed by atoms with Crippen LogP contribution in [0.25, 0.3) is 10.2 Å². The first-order chi connectivity index (χ1) is 10.9. The molecule has 0 fully saturated rings. The van der Waals surface area contributed by atoms with Gasteiger partial charge >= 0.3 is 0 Å². The molecule has 9 heteroatoms. The van der Waals surface area contributed by atoms with E-state index in [0.717, 1.165) is 22.7 Å². The van der Waals surface area contributed by atoms with E-state index in [9.17, 15) is 8.42 Å². The minimum Gasteiger partial charge on any atom is -0.303 e. The van der Waals surface area contributed by atoms with Gasteiger partial charge in [0.25, 0.3) is 10.0 Å². The summed E-state index contributed by atoms with van der Waals surface area (Å²) in [5.74, 6) is 2.49. The monoisotopic (exact) mass is 402 g/mol. The second-order valence-electron chi connectivity index (χ2n) is 4.38. The van der Waals surface area contributed by atoms with Crippen molar-refractivity contribution in [1.29, 1.82) is 0 Å². The Hall–Kier alpha value is -1.30. The van der Waals surface area contributed by atoms with Crippen LogP contribution in [0.5, 0.6) is 0 Å². The molecule has 2 aromatic heterocycles. The van der Waals surface area contributed by atoms with Crippen LogP contribution in [0.4, 0.5) is 0 Å². The van der Waals surface area contributed by atoms with Crippen molar-refractivity contribution in [3.63, 3.8) is 0 Å².